The fourth-order valence-electron chi connectivity index (χ4n) is 3.82. The van der Waals surface area contributed by atoms with Gasteiger partial charge in [0.1, 0.15) is 23.8 Å². The molecule has 1 amide bonds. The number of alkyl halides is 1. The van der Waals surface area contributed by atoms with Crippen molar-refractivity contribution in [1.82, 2.24) is 10.2 Å². The van der Waals surface area contributed by atoms with Gasteiger partial charge < -0.3 is 19.9 Å². The van der Waals surface area contributed by atoms with Gasteiger partial charge in [-0.25, -0.2) is 4.39 Å². The number of carbonyl (C=O) groups excluding carboxylic acids is 1. The molecule has 2 aromatic carbocycles. The first-order chi connectivity index (χ1) is 16.3. The maximum Gasteiger partial charge on any atom is 0.223 e. The first-order valence-corrected chi connectivity index (χ1v) is 12.2. The van der Waals surface area contributed by atoms with Gasteiger partial charge in [-0.1, -0.05) is 30.7 Å². The zero-order valence-corrected chi connectivity index (χ0v) is 20.5. The highest BCUT2D eigenvalue weighted by Crippen LogP contribution is 2.24. The molecule has 186 valence electrons. The van der Waals surface area contributed by atoms with Crippen molar-refractivity contribution in [2.24, 2.45) is 0 Å². The molecule has 0 aliphatic carbocycles. The second-order valence-corrected chi connectivity index (χ2v) is 9.16. The van der Waals surface area contributed by atoms with Crippen LogP contribution in [-0.2, 0) is 4.79 Å². The third kappa shape index (κ3) is 8.15. The maximum absolute atomic E-state index is 13.7. The average Bonchev–Trinajstić information content (AvgIpc) is 3.24. The fourth-order valence-corrected chi connectivity index (χ4v) is 3.94. The van der Waals surface area contributed by atoms with E-state index in [0.717, 1.165) is 12.2 Å². The van der Waals surface area contributed by atoms with Crippen LogP contribution in [0.1, 0.15) is 44.8 Å². The van der Waals surface area contributed by atoms with Crippen LogP contribution >= 0.6 is 11.6 Å². The number of halogens is 2. The van der Waals surface area contributed by atoms with Crippen molar-refractivity contribution in [3.63, 3.8) is 0 Å². The summed E-state index contributed by atoms with van der Waals surface area (Å²) in [5, 5.41) is 14.6. The number of nitrogens with zero attached hydrogens (tertiary/aromatic N) is 1. The Bertz CT molecular complexity index is 897. The number of carbonyl (C=O) groups is 1. The summed E-state index contributed by atoms with van der Waals surface area (Å²) in [4.78, 5) is 14.6. The lowest BCUT2D eigenvalue weighted by Gasteiger charge is -2.29. The number of rotatable bonds is 12. The minimum atomic E-state index is -0.947. The van der Waals surface area contributed by atoms with E-state index in [-0.39, 0.29) is 25.0 Å². The van der Waals surface area contributed by atoms with E-state index in [1.165, 1.54) is 0 Å². The monoisotopic (exact) mass is 492 g/mol. The van der Waals surface area contributed by atoms with E-state index < -0.39 is 18.3 Å². The van der Waals surface area contributed by atoms with Crippen molar-refractivity contribution in [1.29, 1.82) is 0 Å². The average molecular weight is 493 g/mol. The van der Waals surface area contributed by atoms with Gasteiger partial charge in [-0.2, -0.15) is 0 Å². The molecule has 1 aliphatic heterocycles. The predicted molar refractivity (Wildman–Crippen MR) is 131 cm³/mol. The lowest BCUT2D eigenvalue weighted by atomic mass is 10.0. The van der Waals surface area contributed by atoms with Crippen molar-refractivity contribution in [2.45, 2.75) is 57.5 Å². The van der Waals surface area contributed by atoms with Crippen molar-refractivity contribution >= 4 is 17.5 Å². The molecule has 6 nitrogen and oxygen atoms in total. The molecule has 2 N–H and O–H groups in total. The molecule has 0 saturated carbocycles. The zero-order valence-electron chi connectivity index (χ0n) is 19.8. The third-order valence-electron chi connectivity index (χ3n) is 5.94. The molecule has 1 heterocycles. The first-order valence-electron chi connectivity index (χ1n) is 11.8. The number of nitrogens with one attached hydrogen (secondary N) is 1. The van der Waals surface area contributed by atoms with Gasteiger partial charge in [0.05, 0.1) is 25.2 Å². The SMILES string of the molecule is CCC(C)Oc1ccc([C@@H](O)[C@@H](CN2CCC(F)C2)NC(=O)CCOc2ccc(Cl)cc2)cc1. The van der Waals surface area contributed by atoms with Crippen LogP contribution in [0.2, 0.25) is 5.02 Å². The number of likely N-dealkylation sites (tertiary alicyclic amines) is 1. The molecule has 1 saturated heterocycles. The van der Waals surface area contributed by atoms with Crippen LogP contribution in [-0.4, -0.2) is 60.5 Å². The van der Waals surface area contributed by atoms with Gasteiger partial charge in [0, 0.05) is 24.7 Å². The molecule has 0 radical (unpaired) electrons. The Morgan fingerprint density at radius 1 is 1.21 bits per heavy atom. The van der Waals surface area contributed by atoms with Gasteiger partial charge in [-0.05, 0) is 61.7 Å². The second-order valence-electron chi connectivity index (χ2n) is 8.72. The highest BCUT2D eigenvalue weighted by atomic mass is 35.5. The summed E-state index contributed by atoms with van der Waals surface area (Å²) in [6.45, 7) is 5.50. The highest BCUT2D eigenvalue weighted by molar-refractivity contribution is 6.30. The summed E-state index contributed by atoms with van der Waals surface area (Å²) in [5.74, 6) is 1.11. The molecule has 4 atom stereocenters. The van der Waals surface area contributed by atoms with Gasteiger partial charge in [0.2, 0.25) is 5.91 Å². The summed E-state index contributed by atoms with van der Waals surface area (Å²) < 4.78 is 25.1. The Balaban J connectivity index is 1.60. The minimum Gasteiger partial charge on any atom is -0.493 e. The lowest BCUT2D eigenvalue weighted by Crippen LogP contribution is -2.47. The number of benzene rings is 2. The normalized spacial score (nSPS) is 18.8. The molecule has 2 unspecified atom stereocenters. The van der Waals surface area contributed by atoms with E-state index in [2.05, 4.69) is 12.2 Å². The molecule has 0 spiro atoms. The molecule has 34 heavy (non-hydrogen) atoms. The van der Waals surface area contributed by atoms with Crippen molar-refractivity contribution in [2.75, 3.05) is 26.2 Å². The van der Waals surface area contributed by atoms with E-state index in [0.29, 0.717) is 42.4 Å². The van der Waals surface area contributed by atoms with Crippen molar-refractivity contribution in [3.05, 3.63) is 59.1 Å². The Kier molecular flexibility index (Phi) is 9.99. The number of aliphatic hydroxyl groups excluding tert-OH is 1. The Labute approximate surface area is 206 Å². The van der Waals surface area contributed by atoms with Crippen LogP contribution in [0.15, 0.2) is 48.5 Å². The smallest absolute Gasteiger partial charge is 0.223 e. The fraction of sp³-hybridized carbons (Fsp3) is 0.500. The number of aliphatic hydroxyl groups is 1. The van der Waals surface area contributed by atoms with Crippen LogP contribution in [0.5, 0.6) is 11.5 Å². The van der Waals surface area contributed by atoms with Crippen molar-refractivity contribution < 1.29 is 23.8 Å². The van der Waals surface area contributed by atoms with Gasteiger partial charge >= 0.3 is 0 Å². The van der Waals surface area contributed by atoms with Crippen LogP contribution in [0.4, 0.5) is 4.39 Å². The molecule has 1 fully saturated rings. The van der Waals surface area contributed by atoms with Gasteiger partial charge in [-0.3, -0.25) is 9.69 Å². The topological polar surface area (TPSA) is 71.0 Å². The van der Waals surface area contributed by atoms with Gasteiger partial charge in [0.25, 0.3) is 0 Å². The minimum absolute atomic E-state index is 0.0988. The summed E-state index contributed by atoms with van der Waals surface area (Å²) in [6, 6.07) is 13.6. The van der Waals surface area contributed by atoms with E-state index >= 15 is 0 Å². The van der Waals surface area contributed by atoms with Gasteiger partial charge in [0.15, 0.2) is 0 Å². The summed E-state index contributed by atoms with van der Waals surface area (Å²) in [5.41, 5.74) is 0.662. The molecule has 0 bridgehead atoms. The summed E-state index contributed by atoms with van der Waals surface area (Å²) >= 11 is 5.87. The standard InChI is InChI=1S/C26H34ClFN2O4/c1-3-18(2)34-23-8-4-19(5-9-23)26(32)24(17-30-14-12-21(28)16-30)29-25(31)13-15-33-22-10-6-20(27)7-11-22/h4-11,18,21,24,26,32H,3,12-17H2,1-2H3,(H,29,31)/t18?,21?,24-,26-/m1/s1. The molecule has 2 aromatic rings. The summed E-state index contributed by atoms with van der Waals surface area (Å²) in [7, 11) is 0. The highest BCUT2D eigenvalue weighted by Gasteiger charge is 2.29. The second kappa shape index (κ2) is 12.9. The Hall–Kier alpha value is -2.35. The van der Waals surface area contributed by atoms with E-state index in [9.17, 15) is 14.3 Å². The van der Waals surface area contributed by atoms with E-state index in [1.54, 1.807) is 36.4 Å². The van der Waals surface area contributed by atoms with Crippen LogP contribution in [0, 0.1) is 0 Å². The predicted octanol–water partition coefficient (Wildman–Crippen LogP) is 4.55. The molecule has 1 aliphatic rings. The van der Waals surface area contributed by atoms with Gasteiger partial charge in [-0.15, -0.1) is 0 Å². The molecule has 8 heteroatoms. The third-order valence-corrected chi connectivity index (χ3v) is 6.19. The molecule has 3 rings (SSSR count). The number of amides is 1. The quantitative estimate of drug-likeness (QED) is 0.455. The van der Waals surface area contributed by atoms with E-state index in [1.807, 2.05) is 24.0 Å². The first kappa shape index (κ1) is 26.3. The lowest BCUT2D eigenvalue weighted by molar-refractivity contribution is -0.123. The van der Waals surface area contributed by atoms with Crippen molar-refractivity contribution in [3.8, 4) is 11.5 Å². The Morgan fingerprint density at radius 3 is 2.50 bits per heavy atom. The molecular formula is C26H34ClFN2O4. The maximum atomic E-state index is 13.7. The zero-order chi connectivity index (χ0) is 24.5. The largest absolute Gasteiger partial charge is 0.493 e. The Morgan fingerprint density at radius 2 is 1.88 bits per heavy atom. The van der Waals surface area contributed by atoms with Crippen LogP contribution in [0.3, 0.4) is 0 Å². The van der Waals surface area contributed by atoms with Crippen LogP contribution in [0.25, 0.3) is 0 Å². The molecule has 0 aromatic heterocycles. The number of ether oxygens (including phenoxy) is 2. The number of hydrogen-bond acceptors (Lipinski definition) is 5. The molecular weight excluding hydrogens is 459 g/mol. The number of hydrogen-bond donors (Lipinski definition) is 2. The van der Waals surface area contributed by atoms with E-state index in [4.69, 9.17) is 21.1 Å². The summed E-state index contributed by atoms with van der Waals surface area (Å²) in [6.07, 6.45) is -0.240. The van der Waals surface area contributed by atoms with Crippen LogP contribution < -0.4 is 14.8 Å².